The Morgan fingerprint density at radius 2 is 2.00 bits per heavy atom. The molecule has 0 atom stereocenters. The highest BCUT2D eigenvalue weighted by atomic mass is 16.4. The zero-order chi connectivity index (χ0) is 14.2. The lowest BCUT2D eigenvalue weighted by Crippen LogP contribution is -2.39. The van der Waals surface area contributed by atoms with Gasteiger partial charge < -0.3 is 18.7 Å². The van der Waals surface area contributed by atoms with E-state index in [9.17, 15) is 14.4 Å². The van der Waals surface area contributed by atoms with Crippen molar-refractivity contribution < 1.29 is 14.3 Å². The Bertz CT molecular complexity index is 750. The van der Waals surface area contributed by atoms with Gasteiger partial charge in [-0.3, -0.25) is 9.59 Å². The SMILES string of the molecule is Cc1cc(Cn2ccn(C)c(=O)c2=O)oc1C(=O)O. The summed E-state index contributed by atoms with van der Waals surface area (Å²) in [5, 5.41) is 8.86. The second kappa shape index (κ2) is 4.60. The van der Waals surface area contributed by atoms with Crippen molar-refractivity contribution in [1.82, 2.24) is 9.13 Å². The Labute approximate surface area is 107 Å². The second-order valence-corrected chi connectivity index (χ2v) is 4.18. The maximum Gasteiger partial charge on any atom is 0.372 e. The van der Waals surface area contributed by atoms with Crippen LogP contribution in [0.4, 0.5) is 0 Å². The monoisotopic (exact) mass is 264 g/mol. The Morgan fingerprint density at radius 1 is 1.32 bits per heavy atom. The molecule has 0 spiro atoms. The number of hydrogen-bond donors (Lipinski definition) is 1. The number of aromatic nitrogens is 2. The minimum atomic E-state index is -1.17. The van der Waals surface area contributed by atoms with Gasteiger partial charge in [0.2, 0.25) is 5.76 Å². The van der Waals surface area contributed by atoms with Gasteiger partial charge in [-0.15, -0.1) is 0 Å². The van der Waals surface area contributed by atoms with E-state index in [-0.39, 0.29) is 12.3 Å². The van der Waals surface area contributed by atoms with Crippen LogP contribution >= 0.6 is 0 Å². The highest BCUT2D eigenvalue weighted by Crippen LogP contribution is 2.15. The molecular weight excluding hydrogens is 252 g/mol. The minimum Gasteiger partial charge on any atom is -0.475 e. The van der Waals surface area contributed by atoms with Crippen molar-refractivity contribution in [2.24, 2.45) is 7.05 Å². The zero-order valence-corrected chi connectivity index (χ0v) is 10.4. The van der Waals surface area contributed by atoms with Crippen LogP contribution in [0.2, 0.25) is 0 Å². The maximum absolute atomic E-state index is 11.7. The molecule has 1 N–H and O–H groups in total. The minimum absolute atomic E-state index is 0.0169. The van der Waals surface area contributed by atoms with E-state index < -0.39 is 17.1 Å². The van der Waals surface area contributed by atoms with Crippen LogP contribution in [0.5, 0.6) is 0 Å². The first-order valence-electron chi connectivity index (χ1n) is 5.49. The Kier molecular flexibility index (Phi) is 3.12. The summed E-state index contributed by atoms with van der Waals surface area (Å²) in [6.45, 7) is 1.62. The van der Waals surface area contributed by atoms with E-state index in [2.05, 4.69) is 0 Å². The fourth-order valence-corrected chi connectivity index (χ4v) is 1.72. The molecule has 100 valence electrons. The first kappa shape index (κ1) is 12.9. The van der Waals surface area contributed by atoms with Crippen molar-refractivity contribution in [3.63, 3.8) is 0 Å². The first-order chi connectivity index (χ1) is 8.90. The van der Waals surface area contributed by atoms with Gasteiger partial charge in [-0.25, -0.2) is 4.79 Å². The van der Waals surface area contributed by atoms with E-state index in [1.165, 1.54) is 34.6 Å². The summed E-state index contributed by atoms with van der Waals surface area (Å²) in [7, 11) is 1.48. The number of nitrogens with zero attached hydrogens (tertiary/aromatic N) is 2. The smallest absolute Gasteiger partial charge is 0.372 e. The molecule has 2 aromatic rings. The van der Waals surface area contributed by atoms with Crippen LogP contribution in [0.15, 0.2) is 32.5 Å². The van der Waals surface area contributed by atoms with E-state index in [1.807, 2.05) is 0 Å². The third kappa shape index (κ3) is 2.35. The Morgan fingerprint density at radius 3 is 2.58 bits per heavy atom. The number of rotatable bonds is 3. The van der Waals surface area contributed by atoms with Gasteiger partial charge in [0.1, 0.15) is 5.76 Å². The number of carbonyl (C=O) groups is 1. The molecule has 0 amide bonds. The standard InChI is InChI=1S/C12H12N2O5/c1-7-5-8(19-9(7)12(17)18)6-14-4-3-13(2)10(15)11(14)16/h3-5H,6H2,1-2H3,(H,17,18). The van der Waals surface area contributed by atoms with Gasteiger partial charge in [0.15, 0.2) is 0 Å². The molecule has 7 nitrogen and oxygen atoms in total. The van der Waals surface area contributed by atoms with E-state index >= 15 is 0 Å². The molecule has 19 heavy (non-hydrogen) atoms. The van der Waals surface area contributed by atoms with Crippen molar-refractivity contribution >= 4 is 5.97 Å². The van der Waals surface area contributed by atoms with Crippen molar-refractivity contribution in [3.8, 4) is 0 Å². The van der Waals surface area contributed by atoms with Gasteiger partial charge in [-0.1, -0.05) is 0 Å². The lowest BCUT2D eigenvalue weighted by atomic mass is 10.2. The molecular formula is C12H12N2O5. The Hall–Kier alpha value is -2.57. The van der Waals surface area contributed by atoms with Crippen molar-refractivity contribution in [3.05, 3.63) is 56.3 Å². The van der Waals surface area contributed by atoms with Crippen LogP contribution < -0.4 is 11.1 Å². The summed E-state index contributed by atoms with van der Waals surface area (Å²) in [6.07, 6.45) is 2.90. The summed E-state index contributed by atoms with van der Waals surface area (Å²) >= 11 is 0. The fraction of sp³-hybridized carbons (Fsp3) is 0.250. The summed E-state index contributed by atoms with van der Waals surface area (Å²) in [6, 6.07) is 1.54. The lowest BCUT2D eigenvalue weighted by molar-refractivity contribution is 0.0659. The lowest BCUT2D eigenvalue weighted by Gasteiger charge is -2.03. The van der Waals surface area contributed by atoms with Crippen molar-refractivity contribution in [2.75, 3.05) is 0 Å². The maximum atomic E-state index is 11.7. The molecule has 0 aliphatic rings. The largest absolute Gasteiger partial charge is 0.475 e. The van der Waals surface area contributed by atoms with Crippen molar-refractivity contribution in [2.45, 2.75) is 13.5 Å². The first-order valence-corrected chi connectivity index (χ1v) is 5.49. The van der Waals surface area contributed by atoms with Crippen LogP contribution in [0.3, 0.4) is 0 Å². The molecule has 2 aromatic heterocycles. The number of carboxylic acid groups (broad SMARTS) is 1. The fourth-order valence-electron chi connectivity index (χ4n) is 1.72. The molecule has 0 aliphatic heterocycles. The summed E-state index contributed by atoms with van der Waals surface area (Å²) in [4.78, 5) is 34.0. The molecule has 2 rings (SSSR count). The highest BCUT2D eigenvalue weighted by Gasteiger charge is 2.15. The summed E-state index contributed by atoms with van der Waals surface area (Å²) in [5.74, 6) is -1.02. The van der Waals surface area contributed by atoms with E-state index in [4.69, 9.17) is 9.52 Å². The van der Waals surface area contributed by atoms with Crippen LogP contribution in [-0.4, -0.2) is 20.2 Å². The third-order valence-electron chi connectivity index (χ3n) is 2.72. The molecule has 0 aromatic carbocycles. The molecule has 0 bridgehead atoms. The van der Waals surface area contributed by atoms with Gasteiger partial charge >= 0.3 is 17.1 Å². The molecule has 0 radical (unpaired) electrons. The summed E-state index contributed by atoms with van der Waals surface area (Å²) in [5.41, 5.74) is -0.862. The van der Waals surface area contributed by atoms with Crippen LogP contribution in [0.25, 0.3) is 0 Å². The average molecular weight is 264 g/mol. The Balaban J connectivity index is 2.40. The molecule has 0 fully saturated rings. The van der Waals surface area contributed by atoms with E-state index in [0.29, 0.717) is 11.3 Å². The number of hydrogen-bond acceptors (Lipinski definition) is 4. The van der Waals surface area contributed by atoms with Gasteiger partial charge in [-0.2, -0.15) is 0 Å². The molecule has 0 saturated heterocycles. The topological polar surface area (TPSA) is 94.4 Å². The third-order valence-corrected chi connectivity index (χ3v) is 2.72. The van der Waals surface area contributed by atoms with Crippen LogP contribution in [-0.2, 0) is 13.6 Å². The average Bonchev–Trinajstić information content (AvgIpc) is 2.71. The normalized spacial score (nSPS) is 10.6. The quantitative estimate of drug-likeness (QED) is 0.799. The van der Waals surface area contributed by atoms with Gasteiger partial charge in [0, 0.05) is 25.0 Å². The molecule has 0 aliphatic carbocycles. The van der Waals surface area contributed by atoms with Gasteiger partial charge in [0.05, 0.1) is 6.54 Å². The number of carboxylic acids is 1. The molecule has 0 saturated carbocycles. The molecule has 0 unspecified atom stereocenters. The van der Waals surface area contributed by atoms with Gasteiger partial charge in [-0.05, 0) is 13.0 Å². The predicted molar refractivity (Wildman–Crippen MR) is 65.4 cm³/mol. The van der Waals surface area contributed by atoms with E-state index in [0.717, 1.165) is 0 Å². The number of aryl methyl sites for hydroxylation is 2. The van der Waals surface area contributed by atoms with E-state index in [1.54, 1.807) is 6.92 Å². The molecule has 2 heterocycles. The number of aromatic carboxylic acids is 1. The molecule has 7 heteroatoms. The highest BCUT2D eigenvalue weighted by molar-refractivity contribution is 5.86. The second-order valence-electron chi connectivity index (χ2n) is 4.18. The van der Waals surface area contributed by atoms with Crippen molar-refractivity contribution in [1.29, 1.82) is 0 Å². The van der Waals surface area contributed by atoms with Crippen LogP contribution in [0, 0.1) is 6.92 Å². The van der Waals surface area contributed by atoms with Crippen LogP contribution in [0.1, 0.15) is 21.9 Å². The number of furan rings is 1. The summed E-state index contributed by atoms with van der Waals surface area (Å²) < 4.78 is 7.49. The predicted octanol–water partition coefficient (Wildman–Crippen LogP) is 0.195. The van der Waals surface area contributed by atoms with Gasteiger partial charge in [0.25, 0.3) is 0 Å². The zero-order valence-electron chi connectivity index (χ0n) is 10.4.